The summed E-state index contributed by atoms with van der Waals surface area (Å²) in [6.07, 6.45) is 0. The Balaban J connectivity index is 1.54. The van der Waals surface area contributed by atoms with E-state index in [1.54, 1.807) is 18.2 Å². The summed E-state index contributed by atoms with van der Waals surface area (Å²) in [6.45, 7) is 0. The number of halogens is 2. The van der Waals surface area contributed by atoms with Gasteiger partial charge in [-0.2, -0.15) is 0 Å². The number of rotatable bonds is 7. The van der Waals surface area contributed by atoms with Gasteiger partial charge in [-0.15, -0.1) is 11.8 Å². The first-order valence-corrected chi connectivity index (χ1v) is 12.1. The maximum absolute atomic E-state index is 13.2. The summed E-state index contributed by atoms with van der Waals surface area (Å²) >= 11 is 13.5. The average molecular weight is 507 g/mol. The predicted octanol–water partition coefficient (Wildman–Crippen LogP) is 7.72. The third kappa shape index (κ3) is 6.20. The molecule has 7 heteroatoms. The van der Waals surface area contributed by atoms with Crippen LogP contribution in [-0.4, -0.2) is 11.8 Å². The Bertz CT molecular complexity index is 1300. The van der Waals surface area contributed by atoms with Crippen LogP contribution in [0.1, 0.15) is 21.2 Å². The van der Waals surface area contributed by atoms with Crippen molar-refractivity contribution in [2.75, 3.05) is 10.6 Å². The van der Waals surface area contributed by atoms with Gasteiger partial charge in [0.1, 0.15) is 5.25 Å². The highest BCUT2D eigenvalue weighted by Crippen LogP contribution is 2.37. The lowest BCUT2D eigenvalue weighted by atomic mass is 10.1. The Kier molecular flexibility index (Phi) is 7.91. The Hall–Kier alpha value is -3.25. The summed E-state index contributed by atoms with van der Waals surface area (Å²) < 4.78 is 0. The van der Waals surface area contributed by atoms with Crippen LogP contribution in [0, 0.1) is 0 Å². The molecule has 34 heavy (non-hydrogen) atoms. The largest absolute Gasteiger partial charge is 0.325 e. The number of benzene rings is 4. The molecule has 170 valence electrons. The Morgan fingerprint density at radius 2 is 1.38 bits per heavy atom. The molecule has 4 rings (SSSR count). The van der Waals surface area contributed by atoms with E-state index < -0.39 is 5.25 Å². The van der Waals surface area contributed by atoms with Crippen LogP contribution >= 0.6 is 35.0 Å². The van der Waals surface area contributed by atoms with Crippen molar-refractivity contribution in [2.24, 2.45) is 0 Å². The van der Waals surface area contributed by atoms with Crippen molar-refractivity contribution in [3.05, 3.63) is 124 Å². The molecule has 2 amide bonds. The quantitative estimate of drug-likeness (QED) is 0.252. The number of para-hydroxylation sites is 1. The summed E-state index contributed by atoms with van der Waals surface area (Å²) in [5, 5.41) is 6.09. The van der Waals surface area contributed by atoms with Crippen molar-refractivity contribution in [3.8, 4) is 0 Å². The molecule has 4 aromatic carbocycles. The first-order chi connectivity index (χ1) is 16.5. The molecule has 0 saturated heterocycles. The second kappa shape index (κ2) is 11.3. The molecule has 0 aliphatic carbocycles. The number of thioether (sulfide) groups is 1. The molecule has 0 radical (unpaired) electrons. The zero-order valence-corrected chi connectivity index (χ0v) is 20.2. The predicted molar refractivity (Wildman–Crippen MR) is 141 cm³/mol. The first kappa shape index (κ1) is 23.9. The summed E-state index contributed by atoms with van der Waals surface area (Å²) in [5.74, 6) is -0.477. The molecule has 0 saturated carbocycles. The molecule has 0 heterocycles. The van der Waals surface area contributed by atoms with Crippen LogP contribution in [0.3, 0.4) is 0 Å². The van der Waals surface area contributed by atoms with E-state index in [9.17, 15) is 9.59 Å². The van der Waals surface area contributed by atoms with E-state index >= 15 is 0 Å². The lowest BCUT2D eigenvalue weighted by Gasteiger charge is -2.18. The smallest absolute Gasteiger partial charge is 0.257 e. The SMILES string of the molecule is O=C(Nc1cccc(SC(C(=O)Nc2ccccc2)c2ccccc2)c1)c1ccc(Cl)cc1Cl. The van der Waals surface area contributed by atoms with Gasteiger partial charge < -0.3 is 10.6 Å². The molecule has 0 aliphatic heterocycles. The third-order valence-electron chi connectivity index (χ3n) is 4.90. The van der Waals surface area contributed by atoms with Crippen LogP contribution in [0.4, 0.5) is 11.4 Å². The van der Waals surface area contributed by atoms with E-state index in [-0.39, 0.29) is 16.8 Å². The minimum Gasteiger partial charge on any atom is -0.325 e. The fraction of sp³-hybridized carbons (Fsp3) is 0.0370. The van der Waals surface area contributed by atoms with Crippen molar-refractivity contribution in [1.82, 2.24) is 0 Å². The van der Waals surface area contributed by atoms with Gasteiger partial charge in [-0.1, -0.05) is 77.8 Å². The topological polar surface area (TPSA) is 58.2 Å². The first-order valence-electron chi connectivity index (χ1n) is 10.4. The summed E-state index contributed by atoms with van der Waals surface area (Å²) in [6, 6.07) is 31.0. The molecule has 1 atom stereocenters. The lowest BCUT2D eigenvalue weighted by molar-refractivity contribution is -0.115. The number of amides is 2. The van der Waals surface area contributed by atoms with Gasteiger partial charge in [0.25, 0.3) is 5.91 Å². The van der Waals surface area contributed by atoms with Gasteiger partial charge in [-0.3, -0.25) is 9.59 Å². The van der Waals surface area contributed by atoms with Crippen molar-refractivity contribution < 1.29 is 9.59 Å². The number of hydrogen-bond acceptors (Lipinski definition) is 3. The van der Waals surface area contributed by atoms with E-state index in [1.165, 1.54) is 17.8 Å². The van der Waals surface area contributed by atoms with Crippen molar-refractivity contribution in [3.63, 3.8) is 0 Å². The maximum Gasteiger partial charge on any atom is 0.257 e. The molecular weight excluding hydrogens is 487 g/mol. The summed E-state index contributed by atoms with van der Waals surface area (Å²) in [5.41, 5.74) is 2.53. The van der Waals surface area contributed by atoms with Crippen LogP contribution in [-0.2, 0) is 4.79 Å². The van der Waals surface area contributed by atoms with Crippen molar-refractivity contribution in [1.29, 1.82) is 0 Å². The fourth-order valence-electron chi connectivity index (χ4n) is 3.29. The Morgan fingerprint density at radius 3 is 2.09 bits per heavy atom. The van der Waals surface area contributed by atoms with E-state index in [4.69, 9.17) is 23.2 Å². The number of carbonyl (C=O) groups excluding carboxylic acids is 2. The zero-order valence-electron chi connectivity index (χ0n) is 17.9. The van der Waals surface area contributed by atoms with Crippen LogP contribution in [0.5, 0.6) is 0 Å². The highest BCUT2D eigenvalue weighted by molar-refractivity contribution is 8.00. The second-order valence-electron chi connectivity index (χ2n) is 7.37. The second-order valence-corrected chi connectivity index (χ2v) is 9.39. The Labute approximate surface area is 212 Å². The summed E-state index contributed by atoms with van der Waals surface area (Å²) in [7, 11) is 0. The van der Waals surface area contributed by atoms with Gasteiger partial charge >= 0.3 is 0 Å². The lowest BCUT2D eigenvalue weighted by Crippen LogP contribution is -2.19. The van der Waals surface area contributed by atoms with Crippen LogP contribution < -0.4 is 10.6 Å². The van der Waals surface area contributed by atoms with E-state index in [0.29, 0.717) is 16.3 Å². The molecular formula is C27H20Cl2N2O2S. The van der Waals surface area contributed by atoms with E-state index in [2.05, 4.69) is 10.6 Å². The number of anilines is 2. The third-order valence-corrected chi connectivity index (χ3v) is 6.70. The molecule has 1 unspecified atom stereocenters. The summed E-state index contributed by atoms with van der Waals surface area (Å²) in [4.78, 5) is 26.7. The van der Waals surface area contributed by atoms with Crippen LogP contribution in [0.25, 0.3) is 0 Å². The van der Waals surface area contributed by atoms with Crippen LogP contribution in [0.2, 0.25) is 10.0 Å². The highest BCUT2D eigenvalue weighted by Gasteiger charge is 2.22. The minimum atomic E-state index is -0.488. The highest BCUT2D eigenvalue weighted by atomic mass is 35.5. The maximum atomic E-state index is 13.2. The number of carbonyl (C=O) groups is 2. The van der Waals surface area contributed by atoms with Gasteiger partial charge in [-0.05, 0) is 54.1 Å². The monoisotopic (exact) mass is 506 g/mol. The molecule has 0 fully saturated rings. The average Bonchev–Trinajstić information content (AvgIpc) is 2.84. The van der Waals surface area contributed by atoms with Crippen LogP contribution in [0.15, 0.2) is 108 Å². The standard InChI is InChI=1S/C27H20Cl2N2O2S/c28-19-14-15-23(24(29)16-19)26(32)31-21-12-7-13-22(17-21)34-25(18-8-3-1-4-9-18)27(33)30-20-10-5-2-6-11-20/h1-17,25H,(H,30,33)(H,31,32). The molecule has 0 aromatic heterocycles. The molecule has 0 spiro atoms. The van der Waals surface area contributed by atoms with Crippen molar-refractivity contribution >= 4 is 58.2 Å². The molecule has 0 bridgehead atoms. The van der Waals surface area contributed by atoms with Crippen molar-refractivity contribution in [2.45, 2.75) is 10.1 Å². The normalized spacial score (nSPS) is 11.5. The number of hydrogen-bond donors (Lipinski definition) is 2. The van der Waals surface area contributed by atoms with E-state index in [0.717, 1.165) is 16.1 Å². The van der Waals surface area contributed by atoms with Gasteiger partial charge in [0.05, 0.1) is 10.6 Å². The van der Waals surface area contributed by atoms with E-state index in [1.807, 2.05) is 78.9 Å². The zero-order chi connectivity index (χ0) is 23.9. The fourth-order valence-corrected chi connectivity index (χ4v) is 4.86. The van der Waals surface area contributed by atoms with Gasteiger partial charge in [-0.25, -0.2) is 0 Å². The Morgan fingerprint density at radius 1 is 0.706 bits per heavy atom. The van der Waals surface area contributed by atoms with Gasteiger partial charge in [0.15, 0.2) is 0 Å². The van der Waals surface area contributed by atoms with Gasteiger partial charge in [0.2, 0.25) is 5.91 Å². The minimum absolute atomic E-state index is 0.134. The molecule has 4 aromatic rings. The van der Waals surface area contributed by atoms with Gasteiger partial charge in [0, 0.05) is 21.3 Å². The molecule has 4 nitrogen and oxygen atoms in total. The number of nitrogens with one attached hydrogen (secondary N) is 2. The molecule has 2 N–H and O–H groups in total. The molecule has 0 aliphatic rings.